The van der Waals surface area contributed by atoms with Crippen LogP contribution in [-0.2, 0) is 0 Å². The van der Waals surface area contributed by atoms with E-state index in [1.165, 1.54) is 0 Å². The van der Waals surface area contributed by atoms with Crippen LogP contribution in [0.1, 0.15) is 44.9 Å². The summed E-state index contributed by atoms with van der Waals surface area (Å²) in [5.41, 5.74) is 0. The smallest absolute Gasteiger partial charge is 0.390 e. The number of hydrogen-bond donors (Lipinski definition) is 3. The van der Waals surface area contributed by atoms with Crippen LogP contribution >= 0.6 is 0 Å². The normalized spacial score (nSPS) is 18.6. The average molecular weight is 326 g/mol. The molecular formula is C14H25F3N2O3. The van der Waals surface area contributed by atoms with Gasteiger partial charge in [0.05, 0.1) is 25.7 Å². The highest BCUT2D eigenvalue weighted by molar-refractivity contribution is 5.74. The largest absolute Gasteiger partial charge is 0.394 e. The molecule has 0 unspecified atom stereocenters. The zero-order valence-corrected chi connectivity index (χ0v) is 12.6. The van der Waals surface area contributed by atoms with Gasteiger partial charge in [-0.1, -0.05) is 25.7 Å². The van der Waals surface area contributed by atoms with E-state index in [0.29, 0.717) is 0 Å². The third-order valence-corrected chi connectivity index (χ3v) is 3.78. The van der Waals surface area contributed by atoms with Crippen molar-refractivity contribution in [3.63, 3.8) is 0 Å². The first-order chi connectivity index (χ1) is 10.3. The second kappa shape index (κ2) is 9.19. The Morgan fingerprint density at radius 3 is 2.32 bits per heavy atom. The quantitative estimate of drug-likeness (QED) is 0.654. The molecule has 0 aromatic rings. The van der Waals surface area contributed by atoms with E-state index in [-0.39, 0.29) is 12.6 Å². The zero-order valence-electron chi connectivity index (χ0n) is 12.6. The molecule has 0 aliphatic heterocycles. The van der Waals surface area contributed by atoms with Gasteiger partial charge >= 0.3 is 12.2 Å². The topological polar surface area (TPSA) is 72.8 Å². The molecule has 5 nitrogen and oxygen atoms in total. The van der Waals surface area contributed by atoms with Crippen LogP contribution in [0.3, 0.4) is 0 Å². The van der Waals surface area contributed by atoms with Crippen molar-refractivity contribution in [1.82, 2.24) is 10.2 Å². The van der Waals surface area contributed by atoms with Gasteiger partial charge in [-0.05, 0) is 12.8 Å². The number of aliphatic hydroxyl groups is 2. The SMILES string of the molecule is O=C(NC1CCCCCC1)N(CCC(F)(F)F)C[C@H](O)CO. The Bertz CT molecular complexity index is 332. The van der Waals surface area contributed by atoms with Gasteiger partial charge < -0.3 is 20.4 Å². The van der Waals surface area contributed by atoms with Crippen molar-refractivity contribution in [2.24, 2.45) is 0 Å². The molecule has 1 fully saturated rings. The van der Waals surface area contributed by atoms with Crippen LogP contribution in [0.4, 0.5) is 18.0 Å². The minimum Gasteiger partial charge on any atom is -0.394 e. The van der Waals surface area contributed by atoms with Crippen molar-refractivity contribution in [3.05, 3.63) is 0 Å². The molecule has 1 aliphatic carbocycles. The lowest BCUT2D eigenvalue weighted by Gasteiger charge is -2.28. The van der Waals surface area contributed by atoms with Crippen LogP contribution in [0.2, 0.25) is 0 Å². The average Bonchev–Trinajstić information content (AvgIpc) is 2.70. The molecule has 0 radical (unpaired) electrons. The van der Waals surface area contributed by atoms with Gasteiger partial charge in [0.15, 0.2) is 0 Å². The molecule has 1 saturated carbocycles. The number of halogens is 3. The number of rotatable bonds is 6. The zero-order chi connectivity index (χ0) is 16.6. The van der Waals surface area contributed by atoms with Crippen LogP contribution in [0.15, 0.2) is 0 Å². The fraction of sp³-hybridized carbons (Fsp3) is 0.929. The predicted molar refractivity (Wildman–Crippen MR) is 75.4 cm³/mol. The van der Waals surface area contributed by atoms with Gasteiger partial charge in [-0.3, -0.25) is 0 Å². The Morgan fingerprint density at radius 1 is 1.23 bits per heavy atom. The fourth-order valence-corrected chi connectivity index (χ4v) is 2.54. The summed E-state index contributed by atoms with van der Waals surface area (Å²) in [6.45, 7) is -1.44. The number of alkyl halides is 3. The highest BCUT2D eigenvalue weighted by Crippen LogP contribution is 2.21. The van der Waals surface area contributed by atoms with Gasteiger partial charge in [-0.2, -0.15) is 13.2 Å². The minimum absolute atomic E-state index is 0.0327. The van der Waals surface area contributed by atoms with Crippen molar-refractivity contribution in [1.29, 1.82) is 0 Å². The minimum atomic E-state index is -4.37. The number of urea groups is 1. The third-order valence-electron chi connectivity index (χ3n) is 3.78. The summed E-state index contributed by atoms with van der Waals surface area (Å²) >= 11 is 0. The number of nitrogens with one attached hydrogen (secondary N) is 1. The van der Waals surface area contributed by atoms with Crippen molar-refractivity contribution in [2.75, 3.05) is 19.7 Å². The van der Waals surface area contributed by atoms with Crippen LogP contribution in [0.5, 0.6) is 0 Å². The molecule has 0 bridgehead atoms. The lowest BCUT2D eigenvalue weighted by atomic mass is 10.1. The molecule has 1 rings (SSSR count). The van der Waals surface area contributed by atoms with E-state index in [1.807, 2.05) is 0 Å². The van der Waals surface area contributed by atoms with Crippen molar-refractivity contribution in [3.8, 4) is 0 Å². The number of nitrogens with zero attached hydrogens (tertiary/aromatic N) is 1. The number of hydrogen-bond acceptors (Lipinski definition) is 3. The summed E-state index contributed by atoms with van der Waals surface area (Å²) in [6, 6.07) is -0.640. The van der Waals surface area contributed by atoms with Crippen LogP contribution < -0.4 is 5.32 Å². The summed E-state index contributed by atoms with van der Waals surface area (Å²) in [6.07, 6.45) is -0.912. The number of carbonyl (C=O) groups excluding carboxylic acids is 1. The number of carbonyl (C=O) groups is 1. The Balaban J connectivity index is 2.56. The van der Waals surface area contributed by atoms with E-state index in [0.717, 1.165) is 43.4 Å². The summed E-state index contributed by atoms with van der Waals surface area (Å²) < 4.78 is 37.0. The van der Waals surface area contributed by atoms with Crippen LogP contribution in [0.25, 0.3) is 0 Å². The molecule has 0 spiro atoms. The Morgan fingerprint density at radius 2 is 1.82 bits per heavy atom. The molecule has 0 saturated heterocycles. The van der Waals surface area contributed by atoms with E-state index in [2.05, 4.69) is 5.32 Å². The maximum atomic E-state index is 12.3. The summed E-state index contributed by atoms with van der Waals surface area (Å²) in [5, 5.41) is 21.0. The van der Waals surface area contributed by atoms with E-state index in [9.17, 15) is 23.1 Å². The maximum absolute atomic E-state index is 12.3. The molecule has 3 N–H and O–H groups in total. The molecule has 8 heteroatoms. The Kier molecular flexibility index (Phi) is 7.95. The first-order valence-electron chi connectivity index (χ1n) is 7.73. The highest BCUT2D eigenvalue weighted by Gasteiger charge is 2.30. The van der Waals surface area contributed by atoms with Gasteiger partial charge in [0.1, 0.15) is 0 Å². The third kappa shape index (κ3) is 7.84. The second-order valence-corrected chi connectivity index (χ2v) is 5.79. The molecule has 130 valence electrons. The summed E-state index contributed by atoms with van der Waals surface area (Å²) in [7, 11) is 0. The van der Waals surface area contributed by atoms with E-state index >= 15 is 0 Å². The highest BCUT2D eigenvalue weighted by atomic mass is 19.4. The Labute approximate surface area is 128 Å². The number of amides is 2. The summed E-state index contributed by atoms with van der Waals surface area (Å²) in [5.74, 6) is 0. The van der Waals surface area contributed by atoms with Crippen molar-refractivity contribution < 1.29 is 28.2 Å². The van der Waals surface area contributed by atoms with Gasteiger partial charge in [0.2, 0.25) is 0 Å². The predicted octanol–water partition coefficient (Wildman–Crippen LogP) is 2.03. The van der Waals surface area contributed by atoms with E-state index < -0.39 is 37.9 Å². The summed E-state index contributed by atoms with van der Waals surface area (Å²) in [4.78, 5) is 13.1. The standard InChI is InChI=1S/C14H25F3N2O3/c15-14(16,17)7-8-19(9-12(21)10-20)13(22)18-11-5-3-1-2-4-6-11/h11-12,20-21H,1-10H2,(H,18,22)/t12-/m0/s1. The monoisotopic (exact) mass is 326 g/mol. The molecule has 1 atom stereocenters. The molecule has 1 aliphatic rings. The van der Waals surface area contributed by atoms with Gasteiger partial charge in [0.25, 0.3) is 0 Å². The lowest BCUT2D eigenvalue weighted by molar-refractivity contribution is -0.137. The first kappa shape index (κ1) is 19.0. The molecule has 22 heavy (non-hydrogen) atoms. The lowest BCUT2D eigenvalue weighted by Crippen LogP contribution is -2.48. The second-order valence-electron chi connectivity index (χ2n) is 5.79. The molecule has 0 aromatic carbocycles. The van der Waals surface area contributed by atoms with E-state index in [1.54, 1.807) is 0 Å². The van der Waals surface area contributed by atoms with Gasteiger partial charge in [-0.25, -0.2) is 4.79 Å². The molecular weight excluding hydrogens is 301 g/mol. The van der Waals surface area contributed by atoms with Crippen LogP contribution in [-0.4, -0.2) is 59.2 Å². The Hall–Kier alpha value is -1.02. The van der Waals surface area contributed by atoms with Gasteiger partial charge in [-0.15, -0.1) is 0 Å². The molecule has 0 heterocycles. The molecule has 0 aromatic heterocycles. The van der Waals surface area contributed by atoms with Crippen LogP contribution in [0, 0.1) is 0 Å². The van der Waals surface area contributed by atoms with Crippen molar-refractivity contribution in [2.45, 2.75) is 63.3 Å². The van der Waals surface area contributed by atoms with Crippen molar-refractivity contribution >= 4 is 6.03 Å². The maximum Gasteiger partial charge on any atom is 0.390 e. The van der Waals surface area contributed by atoms with E-state index in [4.69, 9.17) is 5.11 Å². The molecule has 2 amide bonds. The fourth-order valence-electron chi connectivity index (χ4n) is 2.54. The van der Waals surface area contributed by atoms with Gasteiger partial charge in [0, 0.05) is 12.6 Å². The number of aliphatic hydroxyl groups excluding tert-OH is 2. The first-order valence-corrected chi connectivity index (χ1v) is 7.73.